The van der Waals surface area contributed by atoms with Gasteiger partial charge in [0.1, 0.15) is 5.75 Å². The fourth-order valence-electron chi connectivity index (χ4n) is 2.35. The number of carbonyl (C=O) groups is 1. The van der Waals surface area contributed by atoms with Gasteiger partial charge in [0, 0.05) is 11.0 Å². The number of hydrogen-bond acceptors (Lipinski definition) is 2. The summed E-state index contributed by atoms with van der Waals surface area (Å²) in [6.45, 7) is 1.21. The second kappa shape index (κ2) is 6.08. The van der Waals surface area contributed by atoms with Gasteiger partial charge >= 0.3 is 0 Å². The van der Waals surface area contributed by atoms with E-state index in [1.165, 1.54) is 0 Å². The Bertz CT molecular complexity index is 690. The first kappa shape index (κ1) is 14.4. The molecule has 0 spiro atoms. The molecule has 0 saturated carbocycles. The van der Waals surface area contributed by atoms with Gasteiger partial charge in [-0.15, -0.1) is 0 Å². The first-order valence-corrected chi connectivity index (χ1v) is 7.83. The van der Waals surface area contributed by atoms with E-state index in [0.717, 1.165) is 22.3 Å². The molecule has 2 aromatic rings. The van der Waals surface area contributed by atoms with Gasteiger partial charge in [-0.1, -0.05) is 29.8 Å². The number of anilines is 1. The van der Waals surface area contributed by atoms with Crippen molar-refractivity contribution < 1.29 is 9.53 Å². The topological polar surface area (TPSA) is 29.5 Å². The average Bonchev–Trinajstić information content (AvgIpc) is 2.72. The Kier molecular flexibility index (Phi) is 4.17. The molecule has 0 radical (unpaired) electrons. The third kappa shape index (κ3) is 2.78. The minimum atomic E-state index is -0.112. The van der Waals surface area contributed by atoms with Gasteiger partial charge in [-0.3, -0.25) is 4.79 Å². The predicted molar refractivity (Wildman–Crippen MR) is 87.4 cm³/mol. The van der Waals surface area contributed by atoms with Crippen molar-refractivity contribution in [1.29, 1.82) is 0 Å². The Balaban J connectivity index is 2.03. The van der Waals surface area contributed by atoms with E-state index in [2.05, 4.69) is 15.9 Å². The minimum absolute atomic E-state index is 0.112. The summed E-state index contributed by atoms with van der Waals surface area (Å²) in [5.41, 5.74) is 1.28. The zero-order chi connectivity index (χ0) is 14.8. The summed E-state index contributed by atoms with van der Waals surface area (Å²) >= 11 is 9.61. The summed E-state index contributed by atoms with van der Waals surface area (Å²) in [7, 11) is 0. The van der Waals surface area contributed by atoms with E-state index >= 15 is 0 Å². The minimum Gasteiger partial charge on any atom is -0.491 e. The molecule has 1 heterocycles. The normalized spacial score (nSPS) is 14.1. The van der Waals surface area contributed by atoms with Crippen LogP contribution in [0.1, 0.15) is 16.8 Å². The molecule has 3 nitrogen and oxygen atoms in total. The molecule has 0 aliphatic carbocycles. The van der Waals surface area contributed by atoms with E-state index < -0.39 is 0 Å². The standard InChI is InChI=1S/C16H13BrClNO2/c17-12-6-3-5-11(15(12)18)16(20)19-9-4-10-21-14-8-2-1-7-13(14)19/h1-3,5-8H,4,9-10H2. The number of nitrogens with zero attached hydrogens (tertiary/aromatic N) is 1. The third-order valence-electron chi connectivity index (χ3n) is 3.37. The molecule has 0 atom stereocenters. The van der Waals surface area contributed by atoms with Crippen molar-refractivity contribution in [3.8, 4) is 5.75 Å². The molecule has 21 heavy (non-hydrogen) atoms. The predicted octanol–water partition coefficient (Wildman–Crippen LogP) is 4.53. The van der Waals surface area contributed by atoms with Crippen LogP contribution < -0.4 is 9.64 Å². The quantitative estimate of drug-likeness (QED) is 0.742. The van der Waals surface area contributed by atoms with Gasteiger partial charge in [-0.05, 0) is 46.6 Å². The number of amides is 1. The highest BCUT2D eigenvalue weighted by Gasteiger charge is 2.24. The molecule has 5 heteroatoms. The SMILES string of the molecule is O=C(c1cccc(Br)c1Cl)N1CCCOc2ccccc21. The van der Waals surface area contributed by atoms with Crippen LogP contribution in [-0.2, 0) is 0 Å². The van der Waals surface area contributed by atoms with E-state index in [1.54, 1.807) is 11.0 Å². The summed E-state index contributed by atoms with van der Waals surface area (Å²) in [6, 6.07) is 12.9. The number of ether oxygens (including phenoxy) is 1. The largest absolute Gasteiger partial charge is 0.491 e. The zero-order valence-electron chi connectivity index (χ0n) is 11.2. The van der Waals surface area contributed by atoms with Crippen molar-refractivity contribution >= 4 is 39.1 Å². The number of rotatable bonds is 1. The molecular weight excluding hydrogens is 354 g/mol. The first-order valence-electron chi connectivity index (χ1n) is 6.66. The Hall–Kier alpha value is -1.52. The van der Waals surface area contributed by atoms with Crippen LogP contribution in [0.25, 0.3) is 0 Å². The number of para-hydroxylation sites is 2. The van der Waals surface area contributed by atoms with Crippen molar-refractivity contribution in [3.63, 3.8) is 0 Å². The van der Waals surface area contributed by atoms with Crippen LogP contribution >= 0.6 is 27.5 Å². The fourth-order valence-corrected chi connectivity index (χ4v) is 2.93. The molecule has 0 unspecified atom stereocenters. The summed E-state index contributed by atoms with van der Waals surface area (Å²) in [4.78, 5) is 14.6. The van der Waals surface area contributed by atoms with Crippen LogP contribution in [-0.4, -0.2) is 19.1 Å². The van der Waals surface area contributed by atoms with E-state index in [4.69, 9.17) is 16.3 Å². The van der Waals surface area contributed by atoms with E-state index in [0.29, 0.717) is 23.7 Å². The van der Waals surface area contributed by atoms with Crippen LogP contribution in [0.5, 0.6) is 5.75 Å². The van der Waals surface area contributed by atoms with E-state index in [-0.39, 0.29) is 5.91 Å². The molecule has 0 saturated heterocycles. The number of fused-ring (bicyclic) bond motifs is 1. The zero-order valence-corrected chi connectivity index (χ0v) is 13.5. The van der Waals surface area contributed by atoms with Crippen molar-refractivity contribution in [1.82, 2.24) is 0 Å². The molecule has 1 aliphatic heterocycles. The molecule has 0 aromatic heterocycles. The Morgan fingerprint density at radius 2 is 2.00 bits per heavy atom. The van der Waals surface area contributed by atoms with Crippen LogP contribution in [0.3, 0.4) is 0 Å². The summed E-state index contributed by atoms with van der Waals surface area (Å²) in [5, 5.41) is 0.435. The van der Waals surface area contributed by atoms with Gasteiger partial charge in [0.25, 0.3) is 5.91 Å². The van der Waals surface area contributed by atoms with Crippen LogP contribution in [0.2, 0.25) is 5.02 Å². The molecular formula is C16H13BrClNO2. The summed E-state index contributed by atoms with van der Waals surface area (Å²) in [6.07, 6.45) is 0.784. The van der Waals surface area contributed by atoms with Crippen molar-refractivity contribution in [2.24, 2.45) is 0 Å². The highest BCUT2D eigenvalue weighted by Crippen LogP contribution is 2.33. The molecule has 3 rings (SSSR count). The van der Waals surface area contributed by atoms with Gasteiger partial charge in [0.15, 0.2) is 0 Å². The van der Waals surface area contributed by atoms with Gasteiger partial charge in [-0.2, -0.15) is 0 Å². The molecule has 0 bridgehead atoms. The monoisotopic (exact) mass is 365 g/mol. The maximum Gasteiger partial charge on any atom is 0.259 e. The lowest BCUT2D eigenvalue weighted by molar-refractivity contribution is 0.0987. The molecule has 108 valence electrons. The second-order valence-electron chi connectivity index (χ2n) is 4.73. The summed E-state index contributed by atoms with van der Waals surface area (Å²) < 4.78 is 6.40. The summed E-state index contributed by atoms with van der Waals surface area (Å²) in [5.74, 6) is 0.619. The van der Waals surface area contributed by atoms with Crippen molar-refractivity contribution in [2.45, 2.75) is 6.42 Å². The van der Waals surface area contributed by atoms with Gasteiger partial charge in [-0.25, -0.2) is 0 Å². The lowest BCUT2D eigenvalue weighted by Crippen LogP contribution is -2.31. The van der Waals surface area contributed by atoms with E-state index in [9.17, 15) is 4.79 Å². The van der Waals surface area contributed by atoms with Crippen LogP contribution in [0.15, 0.2) is 46.9 Å². The second-order valence-corrected chi connectivity index (χ2v) is 5.96. The van der Waals surface area contributed by atoms with Gasteiger partial charge < -0.3 is 9.64 Å². The van der Waals surface area contributed by atoms with Crippen LogP contribution in [0.4, 0.5) is 5.69 Å². The number of carbonyl (C=O) groups excluding carboxylic acids is 1. The Labute approximate surface area is 136 Å². The first-order chi connectivity index (χ1) is 10.2. The highest BCUT2D eigenvalue weighted by atomic mass is 79.9. The lowest BCUT2D eigenvalue weighted by Gasteiger charge is -2.22. The van der Waals surface area contributed by atoms with E-state index in [1.807, 2.05) is 36.4 Å². The smallest absolute Gasteiger partial charge is 0.259 e. The third-order valence-corrected chi connectivity index (χ3v) is 4.66. The maximum atomic E-state index is 12.9. The van der Waals surface area contributed by atoms with Crippen LogP contribution in [0, 0.1) is 0 Å². The average molecular weight is 367 g/mol. The van der Waals surface area contributed by atoms with Gasteiger partial charge in [0.05, 0.1) is 22.9 Å². The Morgan fingerprint density at radius 3 is 2.86 bits per heavy atom. The number of benzene rings is 2. The molecule has 1 aliphatic rings. The number of hydrogen-bond donors (Lipinski definition) is 0. The Morgan fingerprint density at radius 1 is 1.19 bits per heavy atom. The molecule has 0 fully saturated rings. The highest BCUT2D eigenvalue weighted by molar-refractivity contribution is 9.10. The lowest BCUT2D eigenvalue weighted by atomic mass is 10.1. The molecule has 1 amide bonds. The van der Waals surface area contributed by atoms with Crippen molar-refractivity contribution in [3.05, 3.63) is 57.5 Å². The van der Waals surface area contributed by atoms with Crippen molar-refractivity contribution in [2.75, 3.05) is 18.1 Å². The van der Waals surface area contributed by atoms with Gasteiger partial charge in [0.2, 0.25) is 0 Å². The molecule has 2 aromatic carbocycles. The molecule has 0 N–H and O–H groups in total. The number of halogens is 2. The maximum absolute atomic E-state index is 12.9. The fraction of sp³-hybridized carbons (Fsp3) is 0.188.